The summed E-state index contributed by atoms with van der Waals surface area (Å²) in [6.07, 6.45) is 0.878. The molecule has 0 saturated heterocycles. The van der Waals surface area contributed by atoms with E-state index in [0.717, 1.165) is 28.7 Å². The standard InChI is InChI=1S/C50H37N3/c1-31-13-9-17-35(27-31)48-51-47(32-14-5-4-6-15-32)52-49(53-48)36-18-10-16-33(28-36)37-20-11-22-39-40-23-12-21-38(44(40)30-43(37)39)34-25-26-42-41-19-7-8-24-45(41)50(2,3)46(42)29-34/h4-29H,30H2,1-3H3. The molecule has 3 nitrogen and oxygen atoms in total. The average molecular weight is 680 g/mol. The molecule has 7 aromatic carbocycles. The Balaban J connectivity index is 1.04. The summed E-state index contributed by atoms with van der Waals surface area (Å²) in [5.41, 5.74) is 20.0. The lowest BCUT2D eigenvalue weighted by Crippen LogP contribution is -2.14. The monoisotopic (exact) mass is 679 g/mol. The molecule has 2 aliphatic rings. The molecule has 0 saturated carbocycles. The second-order valence-electron chi connectivity index (χ2n) is 14.9. The highest BCUT2D eigenvalue weighted by Crippen LogP contribution is 2.51. The van der Waals surface area contributed by atoms with Gasteiger partial charge in [-0.05, 0) is 98.3 Å². The Kier molecular flexibility index (Phi) is 7.13. The number of fused-ring (bicyclic) bond motifs is 6. The van der Waals surface area contributed by atoms with Gasteiger partial charge in [0.15, 0.2) is 17.5 Å². The van der Waals surface area contributed by atoms with Crippen LogP contribution in [0.2, 0.25) is 0 Å². The number of hydrogen-bond donors (Lipinski definition) is 0. The van der Waals surface area contributed by atoms with Crippen molar-refractivity contribution in [3.8, 4) is 78.7 Å². The lowest BCUT2D eigenvalue weighted by Gasteiger charge is -2.22. The van der Waals surface area contributed by atoms with Crippen LogP contribution in [0.25, 0.3) is 78.7 Å². The van der Waals surface area contributed by atoms with Gasteiger partial charge in [-0.3, -0.25) is 0 Å². The van der Waals surface area contributed by atoms with Crippen LogP contribution in [-0.4, -0.2) is 15.0 Å². The molecule has 0 atom stereocenters. The fraction of sp³-hybridized carbons (Fsp3) is 0.100. The van der Waals surface area contributed by atoms with E-state index in [0.29, 0.717) is 17.5 Å². The Morgan fingerprint density at radius 1 is 0.377 bits per heavy atom. The first kappa shape index (κ1) is 31.3. The predicted molar refractivity (Wildman–Crippen MR) is 218 cm³/mol. The molecule has 8 aromatic rings. The van der Waals surface area contributed by atoms with E-state index in [1.165, 1.54) is 66.8 Å². The van der Waals surface area contributed by atoms with Crippen molar-refractivity contribution in [3.05, 3.63) is 186 Å². The maximum Gasteiger partial charge on any atom is 0.164 e. The Hall–Kier alpha value is -6.45. The van der Waals surface area contributed by atoms with Crippen LogP contribution in [0.5, 0.6) is 0 Å². The molecule has 0 aliphatic heterocycles. The fourth-order valence-corrected chi connectivity index (χ4v) is 8.61. The third kappa shape index (κ3) is 5.15. The number of hydrogen-bond acceptors (Lipinski definition) is 3. The van der Waals surface area contributed by atoms with Gasteiger partial charge in [-0.15, -0.1) is 0 Å². The van der Waals surface area contributed by atoms with Gasteiger partial charge in [0.25, 0.3) is 0 Å². The predicted octanol–water partition coefficient (Wildman–Crippen LogP) is 12.4. The first-order valence-electron chi connectivity index (χ1n) is 18.4. The summed E-state index contributed by atoms with van der Waals surface area (Å²) in [5.74, 6) is 2.00. The summed E-state index contributed by atoms with van der Waals surface area (Å²) >= 11 is 0. The third-order valence-electron chi connectivity index (χ3n) is 11.3. The van der Waals surface area contributed by atoms with Gasteiger partial charge in [0.2, 0.25) is 0 Å². The second kappa shape index (κ2) is 12.1. The van der Waals surface area contributed by atoms with Gasteiger partial charge in [0.1, 0.15) is 0 Å². The summed E-state index contributed by atoms with van der Waals surface area (Å²) in [5, 5.41) is 0. The van der Waals surface area contributed by atoms with Gasteiger partial charge < -0.3 is 0 Å². The van der Waals surface area contributed by atoms with Gasteiger partial charge in [-0.2, -0.15) is 0 Å². The van der Waals surface area contributed by atoms with Crippen molar-refractivity contribution in [2.24, 2.45) is 0 Å². The third-order valence-corrected chi connectivity index (χ3v) is 11.3. The number of aryl methyl sites for hydroxylation is 1. The Bertz CT molecular complexity index is 2740. The van der Waals surface area contributed by atoms with Gasteiger partial charge in [0.05, 0.1) is 0 Å². The molecule has 1 heterocycles. The molecule has 10 rings (SSSR count). The normalized spacial score (nSPS) is 13.3. The Labute approximate surface area is 310 Å². The summed E-state index contributed by atoms with van der Waals surface area (Å²) in [6, 6.07) is 56.7. The lowest BCUT2D eigenvalue weighted by molar-refractivity contribution is 0.660. The second-order valence-corrected chi connectivity index (χ2v) is 14.9. The SMILES string of the molecule is Cc1cccc(-c2nc(-c3ccccc3)nc(-c3cccc(-c4cccc5c4Cc4c(-c6ccc7c(c6)C(C)(C)c6ccccc6-7)cccc4-5)c3)n2)c1. The van der Waals surface area contributed by atoms with Crippen LogP contribution in [-0.2, 0) is 11.8 Å². The largest absolute Gasteiger partial charge is 0.208 e. The molecule has 0 bridgehead atoms. The highest BCUT2D eigenvalue weighted by molar-refractivity contribution is 5.91. The van der Waals surface area contributed by atoms with Crippen LogP contribution in [0.15, 0.2) is 158 Å². The average Bonchev–Trinajstić information content (AvgIpc) is 3.70. The summed E-state index contributed by atoms with van der Waals surface area (Å²) in [4.78, 5) is 15.0. The molecule has 0 spiro atoms. The molecule has 0 amide bonds. The van der Waals surface area contributed by atoms with E-state index < -0.39 is 0 Å². The number of aromatic nitrogens is 3. The minimum Gasteiger partial charge on any atom is -0.208 e. The molecular formula is C50H37N3. The van der Waals surface area contributed by atoms with Crippen LogP contribution >= 0.6 is 0 Å². The van der Waals surface area contributed by atoms with Gasteiger partial charge in [-0.25, -0.2) is 15.0 Å². The van der Waals surface area contributed by atoms with Gasteiger partial charge in [0, 0.05) is 22.1 Å². The number of nitrogens with zero attached hydrogens (tertiary/aromatic N) is 3. The van der Waals surface area contributed by atoms with E-state index in [-0.39, 0.29) is 5.41 Å². The zero-order chi connectivity index (χ0) is 35.7. The van der Waals surface area contributed by atoms with E-state index >= 15 is 0 Å². The zero-order valence-electron chi connectivity index (χ0n) is 30.1. The van der Waals surface area contributed by atoms with Crippen molar-refractivity contribution in [2.75, 3.05) is 0 Å². The minimum atomic E-state index is -0.0395. The summed E-state index contributed by atoms with van der Waals surface area (Å²) < 4.78 is 0. The van der Waals surface area contributed by atoms with Crippen LogP contribution in [0.3, 0.4) is 0 Å². The molecule has 1 aromatic heterocycles. The number of benzene rings is 7. The van der Waals surface area contributed by atoms with E-state index in [1.807, 2.05) is 18.2 Å². The van der Waals surface area contributed by atoms with E-state index in [4.69, 9.17) is 15.0 Å². The maximum absolute atomic E-state index is 5.05. The van der Waals surface area contributed by atoms with Crippen molar-refractivity contribution in [1.82, 2.24) is 15.0 Å². The smallest absolute Gasteiger partial charge is 0.164 e. The maximum atomic E-state index is 5.05. The van der Waals surface area contributed by atoms with E-state index in [9.17, 15) is 0 Å². The molecule has 3 heteroatoms. The van der Waals surface area contributed by atoms with Crippen LogP contribution < -0.4 is 0 Å². The molecule has 0 N–H and O–H groups in total. The Morgan fingerprint density at radius 2 is 0.868 bits per heavy atom. The minimum absolute atomic E-state index is 0.0395. The molecule has 2 aliphatic carbocycles. The number of rotatable bonds is 5. The summed E-state index contributed by atoms with van der Waals surface area (Å²) in [6.45, 7) is 6.81. The molecule has 252 valence electrons. The van der Waals surface area contributed by atoms with Gasteiger partial charge >= 0.3 is 0 Å². The topological polar surface area (TPSA) is 38.7 Å². The molecule has 0 fully saturated rings. The van der Waals surface area contributed by atoms with E-state index in [2.05, 4.69) is 160 Å². The first-order chi connectivity index (χ1) is 25.9. The lowest BCUT2D eigenvalue weighted by atomic mass is 9.81. The van der Waals surface area contributed by atoms with Crippen LogP contribution in [0.4, 0.5) is 0 Å². The van der Waals surface area contributed by atoms with Crippen molar-refractivity contribution >= 4 is 0 Å². The molecule has 53 heavy (non-hydrogen) atoms. The van der Waals surface area contributed by atoms with Crippen molar-refractivity contribution in [3.63, 3.8) is 0 Å². The Morgan fingerprint density at radius 3 is 1.57 bits per heavy atom. The van der Waals surface area contributed by atoms with Gasteiger partial charge in [-0.1, -0.05) is 159 Å². The quantitative estimate of drug-likeness (QED) is 0.182. The fourth-order valence-electron chi connectivity index (χ4n) is 8.61. The highest BCUT2D eigenvalue weighted by atomic mass is 15.0. The molecule has 0 radical (unpaired) electrons. The summed E-state index contributed by atoms with van der Waals surface area (Å²) in [7, 11) is 0. The van der Waals surface area contributed by atoms with Crippen molar-refractivity contribution in [2.45, 2.75) is 32.6 Å². The zero-order valence-corrected chi connectivity index (χ0v) is 30.1. The highest BCUT2D eigenvalue weighted by Gasteiger charge is 2.35. The van der Waals surface area contributed by atoms with Crippen LogP contribution in [0.1, 0.15) is 41.7 Å². The van der Waals surface area contributed by atoms with E-state index in [1.54, 1.807) is 0 Å². The first-order valence-corrected chi connectivity index (χ1v) is 18.4. The van der Waals surface area contributed by atoms with Crippen LogP contribution in [0, 0.1) is 6.92 Å². The molecule has 0 unspecified atom stereocenters. The van der Waals surface area contributed by atoms with Crippen molar-refractivity contribution < 1.29 is 0 Å². The van der Waals surface area contributed by atoms with Crippen molar-refractivity contribution in [1.29, 1.82) is 0 Å². The molecular weight excluding hydrogens is 643 g/mol.